The number of hydrogen-bond donors (Lipinski definition) is 1. The normalized spacial score (nSPS) is 12.1. The predicted molar refractivity (Wildman–Crippen MR) is 125 cm³/mol. The van der Waals surface area contributed by atoms with Gasteiger partial charge in [0.15, 0.2) is 0 Å². The number of ether oxygens (including phenoxy) is 2. The molecule has 0 unspecified atom stereocenters. The molecule has 7 heteroatoms. The third-order valence-electron chi connectivity index (χ3n) is 5.05. The third kappa shape index (κ3) is 7.13. The summed E-state index contributed by atoms with van der Waals surface area (Å²) < 4.78 is 47.0. The molecule has 0 fully saturated rings. The third-order valence-corrected chi connectivity index (χ3v) is 5.05. The molecular formula is C27H25F3O4. The lowest BCUT2D eigenvalue weighted by Crippen LogP contribution is -2.16. The summed E-state index contributed by atoms with van der Waals surface area (Å²) in [5, 5.41) is 9.04. The van der Waals surface area contributed by atoms with Crippen molar-refractivity contribution < 1.29 is 32.5 Å². The summed E-state index contributed by atoms with van der Waals surface area (Å²) in [6.07, 6.45) is -2.34. The van der Waals surface area contributed by atoms with Crippen LogP contribution in [0, 0.1) is 0 Å². The van der Waals surface area contributed by atoms with Crippen LogP contribution in [0.3, 0.4) is 0 Å². The lowest BCUT2D eigenvalue weighted by atomic mass is 9.87. The van der Waals surface area contributed by atoms with E-state index in [-0.39, 0.29) is 11.2 Å². The SMILES string of the molecule is CC(C)(C)c1ccc(COc2ccc(-c3ccc(OC(F)(F)F)cc3)cc2/C=C/C(=O)O)cc1. The lowest BCUT2D eigenvalue weighted by Gasteiger charge is -2.19. The number of hydrogen-bond acceptors (Lipinski definition) is 3. The zero-order chi connectivity index (χ0) is 24.9. The number of halogens is 3. The summed E-state index contributed by atoms with van der Waals surface area (Å²) in [7, 11) is 0. The first-order valence-corrected chi connectivity index (χ1v) is 10.5. The van der Waals surface area contributed by atoms with Gasteiger partial charge in [-0.1, -0.05) is 63.2 Å². The molecule has 0 amide bonds. The minimum absolute atomic E-state index is 0.0427. The van der Waals surface area contributed by atoms with Crippen molar-refractivity contribution in [3.63, 3.8) is 0 Å². The zero-order valence-electron chi connectivity index (χ0n) is 19.0. The van der Waals surface area contributed by atoms with Gasteiger partial charge in [0.05, 0.1) is 0 Å². The van der Waals surface area contributed by atoms with Crippen molar-refractivity contribution in [2.24, 2.45) is 0 Å². The molecule has 0 bridgehead atoms. The number of rotatable bonds is 7. The number of carbonyl (C=O) groups is 1. The van der Waals surface area contributed by atoms with E-state index in [1.807, 2.05) is 12.1 Å². The lowest BCUT2D eigenvalue weighted by molar-refractivity contribution is -0.274. The van der Waals surface area contributed by atoms with Crippen molar-refractivity contribution >= 4 is 12.0 Å². The molecule has 178 valence electrons. The number of benzene rings is 3. The standard InChI is InChI=1S/C27H25F3O4/c1-26(2,3)22-10-4-18(5-11-22)17-33-24-14-8-20(16-21(24)9-15-25(31)32)19-6-12-23(13-7-19)34-27(28,29)30/h4-16H,17H2,1-3H3,(H,31,32)/b15-9+. The number of alkyl halides is 3. The Morgan fingerprint density at radius 2 is 1.53 bits per heavy atom. The van der Waals surface area contributed by atoms with Crippen LogP contribution in [-0.4, -0.2) is 17.4 Å². The van der Waals surface area contributed by atoms with Gasteiger partial charge in [0, 0.05) is 11.6 Å². The Morgan fingerprint density at radius 3 is 2.09 bits per heavy atom. The average Bonchev–Trinajstić information content (AvgIpc) is 2.75. The molecule has 0 heterocycles. The van der Waals surface area contributed by atoms with Crippen molar-refractivity contribution in [2.45, 2.75) is 39.2 Å². The zero-order valence-corrected chi connectivity index (χ0v) is 19.0. The quantitative estimate of drug-likeness (QED) is 0.370. The maximum Gasteiger partial charge on any atom is 0.573 e. The van der Waals surface area contributed by atoms with Crippen molar-refractivity contribution in [3.8, 4) is 22.6 Å². The smallest absolute Gasteiger partial charge is 0.488 e. The van der Waals surface area contributed by atoms with Gasteiger partial charge in [-0.15, -0.1) is 13.2 Å². The monoisotopic (exact) mass is 470 g/mol. The summed E-state index contributed by atoms with van der Waals surface area (Å²) in [4.78, 5) is 11.0. The minimum Gasteiger partial charge on any atom is -0.488 e. The van der Waals surface area contributed by atoms with Crippen LogP contribution >= 0.6 is 0 Å². The maximum absolute atomic E-state index is 12.4. The van der Waals surface area contributed by atoms with Gasteiger partial charge < -0.3 is 14.6 Å². The highest BCUT2D eigenvalue weighted by Gasteiger charge is 2.31. The highest BCUT2D eigenvalue weighted by Crippen LogP contribution is 2.31. The summed E-state index contributed by atoms with van der Waals surface area (Å²) in [6, 6.07) is 18.7. The van der Waals surface area contributed by atoms with Crippen LogP contribution in [0.25, 0.3) is 17.2 Å². The van der Waals surface area contributed by atoms with Crippen molar-refractivity contribution in [2.75, 3.05) is 0 Å². The van der Waals surface area contributed by atoms with E-state index in [9.17, 15) is 18.0 Å². The number of aliphatic carboxylic acids is 1. The largest absolute Gasteiger partial charge is 0.573 e. The van der Waals surface area contributed by atoms with Crippen LogP contribution < -0.4 is 9.47 Å². The molecule has 3 aromatic rings. The van der Waals surface area contributed by atoms with Crippen molar-refractivity contribution in [1.82, 2.24) is 0 Å². The molecule has 34 heavy (non-hydrogen) atoms. The van der Waals surface area contributed by atoms with E-state index in [2.05, 4.69) is 37.6 Å². The summed E-state index contributed by atoms with van der Waals surface area (Å²) in [5.41, 5.74) is 4.07. The van der Waals surface area contributed by atoms with Crippen LogP contribution in [0.4, 0.5) is 13.2 Å². The fourth-order valence-electron chi connectivity index (χ4n) is 3.26. The van der Waals surface area contributed by atoms with Gasteiger partial charge >= 0.3 is 12.3 Å². The molecule has 0 aliphatic heterocycles. The van der Waals surface area contributed by atoms with E-state index in [1.165, 1.54) is 35.9 Å². The van der Waals surface area contributed by atoms with Gasteiger partial charge in [0.25, 0.3) is 0 Å². The molecule has 0 spiro atoms. The Bertz CT molecular complexity index is 1160. The summed E-state index contributed by atoms with van der Waals surface area (Å²) in [6.45, 7) is 6.70. The molecule has 3 aromatic carbocycles. The summed E-state index contributed by atoms with van der Waals surface area (Å²) >= 11 is 0. The topological polar surface area (TPSA) is 55.8 Å². The van der Waals surface area contributed by atoms with Gasteiger partial charge in [-0.25, -0.2) is 4.79 Å². The number of carboxylic acids is 1. The van der Waals surface area contributed by atoms with Gasteiger partial charge in [0.2, 0.25) is 0 Å². The molecule has 0 saturated heterocycles. The molecule has 4 nitrogen and oxygen atoms in total. The Labute approximate surface area is 196 Å². The van der Waals surface area contributed by atoms with Gasteiger partial charge in [-0.05, 0) is 58.0 Å². The highest BCUT2D eigenvalue weighted by atomic mass is 19.4. The van der Waals surface area contributed by atoms with Gasteiger partial charge in [-0.3, -0.25) is 0 Å². The Hall–Kier alpha value is -3.74. The molecule has 0 aromatic heterocycles. The molecule has 0 radical (unpaired) electrons. The van der Waals surface area contributed by atoms with Crippen LogP contribution in [0.1, 0.15) is 37.5 Å². The Morgan fingerprint density at radius 1 is 0.912 bits per heavy atom. The van der Waals surface area contributed by atoms with Gasteiger partial charge in [-0.2, -0.15) is 0 Å². The van der Waals surface area contributed by atoms with Crippen LogP contribution in [0.15, 0.2) is 72.8 Å². The molecule has 1 N–H and O–H groups in total. The van der Waals surface area contributed by atoms with Crippen molar-refractivity contribution in [3.05, 3.63) is 89.5 Å². The van der Waals surface area contributed by atoms with E-state index in [0.717, 1.165) is 11.6 Å². The van der Waals surface area contributed by atoms with Crippen LogP contribution in [0.2, 0.25) is 0 Å². The molecular weight excluding hydrogens is 445 g/mol. The fourth-order valence-corrected chi connectivity index (χ4v) is 3.26. The molecule has 0 atom stereocenters. The van der Waals surface area contributed by atoms with Crippen LogP contribution in [-0.2, 0) is 16.8 Å². The molecule has 0 aliphatic carbocycles. The average molecular weight is 470 g/mol. The second-order valence-electron chi connectivity index (χ2n) is 8.73. The second-order valence-corrected chi connectivity index (χ2v) is 8.73. The Kier molecular flexibility index (Phi) is 7.35. The predicted octanol–water partition coefficient (Wildman–Crippen LogP) is 7.23. The fraction of sp³-hybridized carbons (Fsp3) is 0.222. The highest BCUT2D eigenvalue weighted by molar-refractivity contribution is 5.86. The van der Waals surface area contributed by atoms with E-state index in [1.54, 1.807) is 18.2 Å². The molecule has 3 rings (SSSR count). The first kappa shape index (κ1) is 24.9. The minimum atomic E-state index is -4.76. The van der Waals surface area contributed by atoms with E-state index < -0.39 is 12.3 Å². The summed E-state index contributed by atoms with van der Waals surface area (Å²) in [5.74, 6) is -0.944. The first-order chi connectivity index (χ1) is 15.9. The number of carboxylic acid groups (broad SMARTS) is 1. The molecule has 0 aliphatic rings. The van der Waals surface area contributed by atoms with E-state index in [0.29, 0.717) is 29.0 Å². The van der Waals surface area contributed by atoms with E-state index >= 15 is 0 Å². The van der Waals surface area contributed by atoms with Crippen LogP contribution in [0.5, 0.6) is 11.5 Å². The van der Waals surface area contributed by atoms with Gasteiger partial charge in [0.1, 0.15) is 18.1 Å². The van der Waals surface area contributed by atoms with E-state index in [4.69, 9.17) is 9.84 Å². The van der Waals surface area contributed by atoms with Crippen molar-refractivity contribution in [1.29, 1.82) is 0 Å². The first-order valence-electron chi connectivity index (χ1n) is 10.5. The Balaban J connectivity index is 1.82. The maximum atomic E-state index is 12.4. The molecule has 0 saturated carbocycles. The second kappa shape index (κ2) is 10.0.